The molecule has 0 aliphatic carbocycles. The summed E-state index contributed by atoms with van der Waals surface area (Å²) >= 11 is 0. The van der Waals surface area contributed by atoms with Crippen LogP contribution in [0.5, 0.6) is 0 Å². The average molecular weight is 281 g/mol. The molecule has 0 radical (unpaired) electrons. The van der Waals surface area contributed by atoms with Gasteiger partial charge in [-0.1, -0.05) is 0 Å². The predicted molar refractivity (Wildman–Crippen MR) is 74.4 cm³/mol. The van der Waals surface area contributed by atoms with Crippen LogP contribution in [-0.2, 0) is 22.6 Å². The number of likely N-dealkylation sites (tertiary alicyclic amines) is 1. The normalized spacial score (nSPS) is 17.4. The zero-order valence-corrected chi connectivity index (χ0v) is 12.0. The van der Waals surface area contributed by atoms with E-state index >= 15 is 0 Å². The summed E-state index contributed by atoms with van der Waals surface area (Å²) in [5, 5.41) is 12.9. The van der Waals surface area contributed by atoms with Gasteiger partial charge < -0.3 is 9.84 Å². The molecule has 0 atom stereocenters. The van der Waals surface area contributed by atoms with Crippen LogP contribution in [0, 0.1) is 0 Å². The number of rotatable bonds is 7. The van der Waals surface area contributed by atoms with Gasteiger partial charge in [-0.3, -0.25) is 14.4 Å². The Labute approximate surface area is 119 Å². The Balaban J connectivity index is 1.70. The van der Waals surface area contributed by atoms with Gasteiger partial charge in [0.1, 0.15) is 0 Å². The van der Waals surface area contributed by atoms with Gasteiger partial charge in [-0.05, 0) is 25.8 Å². The van der Waals surface area contributed by atoms with Crippen LogP contribution < -0.4 is 0 Å². The molecule has 0 unspecified atom stereocenters. The Morgan fingerprint density at radius 2 is 2.25 bits per heavy atom. The van der Waals surface area contributed by atoms with Crippen LogP contribution in [0.4, 0.5) is 0 Å². The van der Waals surface area contributed by atoms with Gasteiger partial charge in [0.15, 0.2) is 0 Å². The van der Waals surface area contributed by atoms with Crippen LogP contribution in [0.3, 0.4) is 0 Å². The number of carboxylic acid groups (broad SMARTS) is 1. The van der Waals surface area contributed by atoms with Crippen molar-refractivity contribution in [3.63, 3.8) is 0 Å². The van der Waals surface area contributed by atoms with E-state index in [0.717, 1.165) is 39.0 Å². The number of carboxylic acids is 1. The lowest BCUT2D eigenvalue weighted by molar-refractivity contribution is -0.138. The molecule has 0 bridgehead atoms. The number of ether oxygens (including phenoxy) is 1. The highest BCUT2D eigenvalue weighted by Gasteiger charge is 2.20. The van der Waals surface area contributed by atoms with Crippen LogP contribution in [0.2, 0.25) is 0 Å². The molecule has 1 aliphatic heterocycles. The second-order valence-electron chi connectivity index (χ2n) is 5.13. The molecule has 1 aliphatic rings. The summed E-state index contributed by atoms with van der Waals surface area (Å²) in [5.74, 6) is -0.796. The molecule has 0 saturated carbocycles. The lowest BCUT2D eigenvalue weighted by atomic mass is 10.1. The van der Waals surface area contributed by atoms with E-state index < -0.39 is 5.97 Å². The van der Waals surface area contributed by atoms with E-state index in [1.54, 1.807) is 0 Å². The first-order valence-electron chi connectivity index (χ1n) is 7.25. The molecule has 1 saturated heterocycles. The van der Waals surface area contributed by atoms with Gasteiger partial charge in [0, 0.05) is 32.4 Å². The smallest absolute Gasteiger partial charge is 0.305 e. The van der Waals surface area contributed by atoms with Crippen molar-refractivity contribution in [1.82, 2.24) is 14.7 Å². The number of carbonyl (C=O) groups is 1. The van der Waals surface area contributed by atoms with Gasteiger partial charge in [-0.25, -0.2) is 0 Å². The number of aliphatic carboxylic acids is 1. The average Bonchev–Trinajstić information content (AvgIpc) is 2.87. The van der Waals surface area contributed by atoms with Gasteiger partial charge in [0.2, 0.25) is 0 Å². The van der Waals surface area contributed by atoms with Gasteiger partial charge in [0.05, 0.1) is 24.8 Å². The van der Waals surface area contributed by atoms with Crippen LogP contribution >= 0.6 is 0 Å². The standard InChI is InChI=1S/C14H23N3O3/c1-2-17-12(3-7-15-17)11-16-8-4-13(5-9-16)20-10-6-14(18)19/h3,7,13H,2,4-6,8-11H2,1H3,(H,18,19). The Bertz CT molecular complexity index is 425. The number of aryl methyl sites for hydroxylation is 1. The maximum atomic E-state index is 10.4. The van der Waals surface area contributed by atoms with Crippen molar-refractivity contribution in [2.45, 2.75) is 45.4 Å². The fourth-order valence-corrected chi connectivity index (χ4v) is 2.56. The summed E-state index contributed by atoms with van der Waals surface area (Å²) in [6.07, 6.45) is 4.10. The second kappa shape index (κ2) is 7.40. The Morgan fingerprint density at radius 1 is 1.50 bits per heavy atom. The quantitative estimate of drug-likeness (QED) is 0.817. The van der Waals surface area contributed by atoms with Crippen molar-refractivity contribution in [2.75, 3.05) is 19.7 Å². The van der Waals surface area contributed by atoms with Gasteiger partial charge in [-0.15, -0.1) is 0 Å². The summed E-state index contributed by atoms with van der Waals surface area (Å²) in [5.41, 5.74) is 1.25. The van der Waals surface area contributed by atoms with Crippen molar-refractivity contribution < 1.29 is 14.6 Å². The van der Waals surface area contributed by atoms with Gasteiger partial charge in [0.25, 0.3) is 0 Å². The minimum atomic E-state index is -0.796. The van der Waals surface area contributed by atoms with E-state index in [1.807, 2.05) is 10.9 Å². The molecule has 0 aromatic carbocycles. The lowest BCUT2D eigenvalue weighted by Crippen LogP contribution is -2.37. The van der Waals surface area contributed by atoms with Crippen LogP contribution in [-0.4, -0.2) is 51.6 Å². The number of nitrogens with zero attached hydrogens (tertiary/aromatic N) is 3. The highest BCUT2D eigenvalue weighted by atomic mass is 16.5. The maximum absolute atomic E-state index is 10.4. The highest BCUT2D eigenvalue weighted by molar-refractivity contribution is 5.66. The molecule has 112 valence electrons. The monoisotopic (exact) mass is 281 g/mol. The Morgan fingerprint density at radius 3 is 2.90 bits per heavy atom. The molecule has 1 fully saturated rings. The molecule has 6 heteroatoms. The number of piperidine rings is 1. The topological polar surface area (TPSA) is 67.6 Å². The van der Waals surface area contributed by atoms with Crippen molar-refractivity contribution >= 4 is 5.97 Å². The zero-order valence-electron chi connectivity index (χ0n) is 12.0. The van der Waals surface area contributed by atoms with Crippen molar-refractivity contribution in [2.24, 2.45) is 0 Å². The minimum Gasteiger partial charge on any atom is -0.481 e. The van der Waals surface area contributed by atoms with Crippen molar-refractivity contribution in [3.05, 3.63) is 18.0 Å². The fraction of sp³-hybridized carbons (Fsp3) is 0.714. The van der Waals surface area contributed by atoms with E-state index in [4.69, 9.17) is 9.84 Å². The van der Waals surface area contributed by atoms with Crippen molar-refractivity contribution in [1.29, 1.82) is 0 Å². The summed E-state index contributed by atoms with van der Waals surface area (Å²) in [7, 11) is 0. The molecule has 1 N–H and O–H groups in total. The summed E-state index contributed by atoms with van der Waals surface area (Å²) in [6.45, 7) is 6.23. The third kappa shape index (κ3) is 4.31. The molecule has 20 heavy (non-hydrogen) atoms. The molecular formula is C14H23N3O3. The van der Waals surface area contributed by atoms with E-state index in [1.165, 1.54) is 5.69 Å². The Hall–Kier alpha value is -1.40. The maximum Gasteiger partial charge on any atom is 0.305 e. The molecule has 2 heterocycles. The Kier molecular flexibility index (Phi) is 5.55. The van der Waals surface area contributed by atoms with Crippen LogP contribution in [0.1, 0.15) is 31.9 Å². The minimum absolute atomic E-state index is 0.0932. The van der Waals surface area contributed by atoms with Gasteiger partial charge >= 0.3 is 5.97 Å². The molecular weight excluding hydrogens is 258 g/mol. The number of hydrogen-bond acceptors (Lipinski definition) is 4. The number of aromatic nitrogens is 2. The molecule has 2 rings (SSSR count). The second-order valence-corrected chi connectivity index (χ2v) is 5.13. The SMILES string of the molecule is CCn1nccc1CN1CCC(OCCC(=O)O)CC1. The van der Waals surface area contributed by atoms with E-state index in [0.29, 0.717) is 6.61 Å². The zero-order chi connectivity index (χ0) is 14.4. The predicted octanol–water partition coefficient (Wildman–Crippen LogP) is 1.36. The first-order valence-corrected chi connectivity index (χ1v) is 7.25. The summed E-state index contributed by atoms with van der Waals surface area (Å²) in [4.78, 5) is 12.8. The number of hydrogen-bond donors (Lipinski definition) is 1. The largest absolute Gasteiger partial charge is 0.481 e. The highest BCUT2D eigenvalue weighted by Crippen LogP contribution is 2.16. The molecule has 1 aromatic rings. The molecule has 6 nitrogen and oxygen atoms in total. The third-order valence-corrected chi connectivity index (χ3v) is 3.69. The first-order chi connectivity index (χ1) is 9.69. The van der Waals surface area contributed by atoms with Crippen molar-refractivity contribution in [3.8, 4) is 0 Å². The van der Waals surface area contributed by atoms with Crippen LogP contribution in [0.15, 0.2) is 12.3 Å². The summed E-state index contributed by atoms with van der Waals surface area (Å²) < 4.78 is 7.62. The van der Waals surface area contributed by atoms with E-state index in [9.17, 15) is 4.79 Å². The molecule has 0 amide bonds. The molecule has 0 spiro atoms. The van der Waals surface area contributed by atoms with Gasteiger partial charge in [-0.2, -0.15) is 5.10 Å². The lowest BCUT2D eigenvalue weighted by Gasteiger charge is -2.31. The molecule has 1 aromatic heterocycles. The first kappa shape index (κ1) is 15.0. The third-order valence-electron chi connectivity index (χ3n) is 3.69. The van der Waals surface area contributed by atoms with E-state index in [-0.39, 0.29) is 12.5 Å². The fourth-order valence-electron chi connectivity index (χ4n) is 2.56. The summed E-state index contributed by atoms with van der Waals surface area (Å²) in [6, 6.07) is 2.07. The van der Waals surface area contributed by atoms with E-state index in [2.05, 4.69) is 23.0 Å². The van der Waals surface area contributed by atoms with Crippen LogP contribution in [0.25, 0.3) is 0 Å².